The molecule has 6 heteroatoms. The lowest BCUT2D eigenvalue weighted by atomic mass is 10.1. The highest BCUT2D eigenvalue weighted by Gasteiger charge is 2.14. The van der Waals surface area contributed by atoms with Crippen molar-refractivity contribution in [2.45, 2.75) is 33.9 Å². The van der Waals surface area contributed by atoms with Crippen molar-refractivity contribution in [2.75, 3.05) is 30.4 Å². The van der Waals surface area contributed by atoms with Gasteiger partial charge in [-0.1, -0.05) is 24.3 Å². The van der Waals surface area contributed by atoms with Crippen molar-refractivity contribution in [3.05, 3.63) is 83.7 Å². The van der Waals surface area contributed by atoms with Crippen molar-refractivity contribution in [2.24, 2.45) is 0 Å². The zero-order valence-corrected chi connectivity index (χ0v) is 20.2. The summed E-state index contributed by atoms with van der Waals surface area (Å²) in [5.74, 6) is 0.775. The number of aryl methyl sites for hydroxylation is 1. The normalized spacial score (nSPS) is 10.5. The first-order chi connectivity index (χ1) is 15.5. The van der Waals surface area contributed by atoms with Crippen LogP contribution in [0.4, 0.5) is 11.4 Å². The second-order valence-corrected chi connectivity index (χ2v) is 8.08. The van der Waals surface area contributed by atoms with Gasteiger partial charge in [0.1, 0.15) is 5.75 Å². The van der Waals surface area contributed by atoms with Crippen LogP contribution in [0, 0.1) is 6.92 Å². The van der Waals surface area contributed by atoms with Gasteiger partial charge in [-0.25, -0.2) is 0 Å². The maximum absolute atomic E-state index is 5.83. The monoisotopic (exact) mass is 448 g/mol. The van der Waals surface area contributed by atoms with Gasteiger partial charge in [0, 0.05) is 44.3 Å². The Morgan fingerprint density at radius 2 is 1.72 bits per heavy atom. The molecular formula is C26H32N4OS. The minimum atomic E-state index is 0.642. The van der Waals surface area contributed by atoms with Crippen LogP contribution >= 0.6 is 12.2 Å². The van der Waals surface area contributed by atoms with Gasteiger partial charge in [-0.15, -0.1) is 0 Å². The number of aromatic nitrogens is 1. The lowest BCUT2D eigenvalue weighted by Gasteiger charge is -2.27. The van der Waals surface area contributed by atoms with Crippen LogP contribution in [0.1, 0.15) is 30.5 Å². The van der Waals surface area contributed by atoms with Gasteiger partial charge in [-0.3, -0.25) is 4.98 Å². The number of pyridine rings is 1. The number of thiocarbonyl (C=S) groups is 1. The third-order valence-electron chi connectivity index (χ3n) is 5.42. The second kappa shape index (κ2) is 11.5. The zero-order chi connectivity index (χ0) is 22.9. The molecule has 3 rings (SSSR count). The SMILES string of the molecule is CCN(CC)c1ccc(CN(Cc2cccnc2)C(=S)Nc2ccc(C)cc2OC)cc1. The average molecular weight is 449 g/mol. The third-order valence-corrected chi connectivity index (χ3v) is 5.78. The van der Waals surface area contributed by atoms with Crippen LogP contribution in [-0.2, 0) is 13.1 Å². The summed E-state index contributed by atoms with van der Waals surface area (Å²) in [4.78, 5) is 8.75. The Labute approximate surface area is 197 Å². The summed E-state index contributed by atoms with van der Waals surface area (Å²) < 4.78 is 5.54. The van der Waals surface area contributed by atoms with Crippen LogP contribution in [0.15, 0.2) is 67.0 Å². The smallest absolute Gasteiger partial charge is 0.174 e. The number of nitrogens with one attached hydrogen (secondary N) is 1. The summed E-state index contributed by atoms with van der Waals surface area (Å²) in [5, 5.41) is 4.02. The van der Waals surface area contributed by atoms with Crippen molar-refractivity contribution in [3.8, 4) is 5.75 Å². The van der Waals surface area contributed by atoms with Crippen molar-refractivity contribution in [3.63, 3.8) is 0 Å². The molecule has 0 aliphatic carbocycles. The Kier molecular flexibility index (Phi) is 8.45. The van der Waals surface area contributed by atoms with E-state index in [0.717, 1.165) is 35.7 Å². The summed E-state index contributed by atoms with van der Waals surface area (Å²) in [6.07, 6.45) is 3.67. The molecule has 0 aliphatic heterocycles. The van der Waals surface area contributed by atoms with E-state index in [1.165, 1.54) is 11.3 Å². The highest BCUT2D eigenvalue weighted by molar-refractivity contribution is 7.80. The zero-order valence-electron chi connectivity index (χ0n) is 19.3. The molecule has 1 N–H and O–H groups in total. The van der Waals surface area contributed by atoms with E-state index in [1.807, 2.05) is 37.4 Å². The molecule has 1 heterocycles. The Hall–Kier alpha value is -3.12. The molecule has 0 atom stereocenters. The molecule has 0 aliphatic rings. The molecule has 1 aromatic heterocycles. The summed E-state index contributed by atoms with van der Waals surface area (Å²) in [6.45, 7) is 9.73. The predicted octanol–water partition coefficient (Wildman–Crippen LogP) is 5.64. The van der Waals surface area contributed by atoms with Crippen molar-refractivity contribution in [1.82, 2.24) is 9.88 Å². The van der Waals surface area contributed by atoms with Gasteiger partial charge in [-0.05, 0) is 80.0 Å². The Morgan fingerprint density at radius 1 is 1.00 bits per heavy atom. The van der Waals surface area contributed by atoms with E-state index in [1.54, 1.807) is 13.3 Å². The number of anilines is 2. The number of rotatable bonds is 9. The van der Waals surface area contributed by atoms with E-state index in [-0.39, 0.29) is 0 Å². The lowest BCUT2D eigenvalue weighted by molar-refractivity contribution is 0.408. The van der Waals surface area contributed by atoms with Gasteiger partial charge < -0.3 is 19.9 Å². The first kappa shape index (κ1) is 23.5. The molecule has 0 amide bonds. The molecule has 0 radical (unpaired) electrons. The molecule has 0 saturated heterocycles. The molecule has 0 unspecified atom stereocenters. The van der Waals surface area contributed by atoms with E-state index in [4.69, 9.17) is 17.0 Å². The minimum absolute atomic E-state index is 0.642. The van der Waals surface area contributed by atoms with Crippen molar-refractivity contribution in [1.29, 1.82) is 0 Å². The van der Waals surface area contributed by atoms with E-state index in [9.17, 15) is 0 Å². The van der Waals surface area contributed by atoms with Crippen molar-refractivity contribution >= 4 is 28.7 Å². The fourth-order valence-electron chi connectivity index (χ4n) is 3.63. The van der Waals surface area contributed by atoms with Crippen LogP contribution in [0.3, 0.4) is 0 Å². The van der Waals surface area contributed by atoms with E-state index in [0.29, 0.717) is 18.2 Å². The molecule has 0 bridgehead atoms. The fourth-order valence-corrected chi connectivity index (χ4v) is 3.87. The molecule has 0 spiro atoms. The van der Waals surface area contributed by atoms with E-state index in [2.05, 4.69) is 64.3 Å². The van der Waals surface area contributed by atoms with Crippen molar-refractivity contribution < 1.29 is 4.74 Å². The number of hydrogen-bond acceptors (Lipinski definition) is 4. The largest absolute Gasteiger partial charge is 0.495 e. The molecule has 168 valence electrons. The summed E-state index contributed by atoms with van der Waals surface area (Å²) >= 11 is 5.83. The summed E-state index contributed by atoms with van der Waals surface area (Å²) in [7, 11) is 1.67. The molecule has 3 aromatic rings. The lowest BCUT2D eigenvalue weighted by Crippen LogP contribution is -2.34. The molecule has 5 nitrogen and oxygen atoms in total. The Morgan fingerprint density at radius 3 is 2.34 bits per heavy atom. The molecule has 32 heavy (non-hydrogen) atoms. The quantitative estimate of drug-likeness (QED) is 0.427. The van der Waals surface area contributed by atoms with Gasteiger partial charge in [0.15, 0.2) is 5.11 Å². The number of ether oxygens (including phenoxy) is 1. The van der Waals surface area contributed by atoms with Crippen LogP contribution in [0.5, 0.6) is 5.75 Å². The first-order valence-corrected chi connectivity index (χ1v) is 11.4. The van der Waals surface area contributed by atoms with Gasteiger partial charge in [0.05, 0.1) is 12.8 Å². The summed E-state index contributed by atoms with van der Waals surface area (Å²) in [6, 6.07) is 18.8. The Balaban J connectivity index is 1.81. The first-order valence-electron chi connectivity index (χ1n) is 11.0. The summed E-state index contributed by atoms with van der Waals surface area (Å²) in [5.41, 5.74) is 5.54. The average Bonchev–Trinajstić information content (AvgIpc) is 2.82. The standard InChI is InChI=1S/C26H32N4OS/c1-5-29(6-2)23-12-10-21(11-13-23)18-30(19-22-8-7-15-27-17-22)26(32)28-24-14-9-20(3)16-25(24)31-4/h7-17H,5-6,18-19H2,1-4H3,(H,28,32). The number of hydrogen-bond donors (Lipinski definition) is 1. The van der Waals surface area contributed by atoms with E-state index < -0.39 is 0 Å². The second-order valence-electron chi connectivity index (χ2n) is 7.69. The van der Waals surface area contributed by atoms with Gasteiger partial charge in [0.25, 0.3) is 0 Å². The Bertz CT molecular complexity index is 1000. The van der Waals surface area contributed by atoms with Crippen LogP contribution < -0.4 is 15.0 Å². The maximum Gasteiger partial charge on any atom is 0.174 e. The topological polar surface area (TPSA) is 40.6 Å². The van der Waals surface area contributed by atoms with Gasteiger partial charge in [-0.2, -0.15) is 0 Å². The fraction of sp³-hybridized carbons (Fsp3) is 0.308. The number of methoxy groups -OCH3 is 1. The van der Waals surface area contributed by atoms with Gasteiger partial charge >= 0.3 is 0 Å². The number of benzene rings is 2. The van der Waals surface area contributed by atoms with Crippen LogP contribution in [0.2, 0.25) is 0 Å². The predicted molar refractivity (Wildman–Crippen MR) is 137 cm³/mol. The number of nitrogens with zero attached hydrogens (tertiary/aromatic N) is 3. The molecular weight excluding hydrogens is 416 g/mol. The molecule has 0 saturated carbocycles. The third kappa shape index (κ3) is 6.20. The highest BCUT2D eigenvalue weighted by Crippen LogP contribution is 2.26. The van der Waals surface area contributed by atoms with Gasteiger partial charge in [0.2, 0.25) is 0 Å². The minimum Gasteiger partial charge on any atom is -0.495 e. The maximum atomic E-state index is 5.83. The highest BCUT2D eigenvalue weighted by atomic mass is 32.1. The molecule has 0 fully saturated rings. The van der Waals surface area contributed by atoms with E-state index >= 15 is 0 Å². The molecule has 2 aromatic carbocycles. The van der Waals surface area contributed by atoms with Crippen LogP contribution in [-0.4, -0.2) is 35.2 Å². The van der Waals surface area contributed by atoms with Crippen LogP contribution in [0.25, 0.3) is 0 Å².